The Hall–Kier alpha value is -0.770. The fourth-order valence-electron chi connectivity index (χ4n) is 3.09. The number of ether oxygens (including phenoxy) is 2. The summed E-state index contributed by atoms with van der Waals surface area (Å²) in [6.07, 6.45) is 2.58. The predicted octanol–water partition coefficient (Wildman–Crippen LogP) is 2.49. The van der Waals surface area contributed by atoms with Crippen molar-refractivity contribution in [2.24, 2.45) is 0 Å². The van der Waals surface area contributed by atoms with Crippen LogP contribution in [0.2, 0.25) is 0 Å². The van der Waals surface area contributed by atoms with E-state index in [-0.39, 0.29) is 12.2 Å². The van der Waals surface area contributed by atoms with Crippen molar-refractivity contribution < 1.29 is 9.47 Å². The molecule has 0 spiro atoms. The number of benzene rings is 1. The first kappa shape index (κ1) is 14.2. The van der Waals surface area contributed by atoms with Crippen molar-refractivity contribution in [1.82, 2.24) is 4.90 Å². The molecule has 1 aromatic carbocycles. The third-order valence-corrected chi connectivity index (χ3v) is 4.39. The molecule has 1 aromatic rings. The van der Waals surface area contributed by atoms with Gasteiger partial charge in [-0.15, -0.1) is 11.6 Å². The van der Waals surface area contributed by atoms with Gasteiger partial charge >= 0.3 is 0 Å². The van der Waals surface area contributed by atoms with Crippen LogP contribution in [-0.4, -0.2) is 49.2 Å². The van der Waals surface area contributed by atoms with Gasteiger partial charge in [0.05, 0.1) is 18.8 Å². The van der Waals surface area contributed by atoms with Crippen molar-refractivity contribution in [3.63, 3.8) is 0 Å². The summed E-state index contributed by atoms with van der Waals surface area (Å²) in [7, 11) is 0. The maximum atomic E-state index is 5.93. The minimum absolute atomic E-state index is 0.175. The molecule has 2 atom stereocenters. The molecule has 1 saturated heterocycles. The Kier molecular flexibility index (Phi) is 4.49. The van der Waals surface area contributed by atoms with Gasteiger partial charge in [0.2, 0.25) is 0 Å². The molecule has 0 saturated carbocycles. The molecule has 2 unspecified atom stereocenters. The fraction of sp³-hybridized carbons (Fsp3) is 0.625. The second-order valence-corrected chi connectivity index (χ2v) is 6.08. The minimum Gasteiger partial charge on any atom is -0.493 e. The number of alkyl halides is 1. The Bertz CT molecular complexity index is 466. The highest BCUT2D eigenvalue weighted by atomic mass is 35.5. The molecule has 2 aliphatic rings. The maximum absolute atomic E-state index is 5.93. The molecule has 0 aliphatic carbocycles. The molecule has 110 valence electrons. The average molecular weight is 296 g/mol. The van der Waals surface area contributed by atoms with Crippen molar-refractivity contribution >= 4 is 11.6 Å². The quantitative estimate of drug-likeness (QED) is 0.797. The Morgan fingerprint density at radius 1 is 1.35 bits per heavy atom. The maximum Gasteiger partial charge on any atom is 0.122 e. The lowest BCUT2D eigenvalue weighted by molar-refractivity contribution is -0.0659. The number of rotatable bonds is 4. The third kappa shape index (κ3) is 3.27. The second-order valence-electron chi connectivity index (χ2n) is 5.77. The zero-order valence-corrected chi connectivity index (χ0v) is 12.7. The molecule has 20 heavy (non-hydrogen) atoms. The van der Waals surface area contributed by atoms with Crippen LogP contribution in [0.25, 0.3) is 0 Å². The fourth-order valence-corrected chi connectivity index (χ4v) is 3.26. The number of hydrogen-bond donors (Lipinski definition) is 0. The van der Waals surface area contributed by atoms with E-state index in [0.717, 1.165) is 44.8 Å². The second kappa shape index (κ2) is 6.33. The lowest BCUT2D eigenvalue weighted by Crippen LogP contribution is -2.47. The predicted molar refractivity (Wildman–Crippen MR) is 80.8 cm³/mol. The van der Waals surface area contributed by atoms with Gasteiger partial charge in [-0.2, -0.15) is 0 Å². The topological polar surface area (TPSA) is 21.7 Å². The zero-order valence-electron chi connectivity index (χ0n) is 12.0. The molecule has 0 bridgehead atoms. The number of morpholine rings is 1. The largest absolute Gasteiger partial charge is 0.493 e. The van der Waals surface area contributed by atoms with E-state index < -0.39 is 0 Å². The third-order valence-electron chi connectivity index (χ3n) is 4.04. The van der Waals surface area contributed by atoms with Gasteiger partial charge in [-0.25, -0.2) is 0 Å². The van der Waals surface area contributed by atoms with Crippen LogP contribution in [0.4, 0.5) is 0 Å². The van der Waals surface area contributed by atoms with Gasteiger partial charge in [0.1, 0.15) is 5.75 Å². The summed E-state index contributed by atoms with van der Waals surface area (Å²) in [5, 5.41) is 0. The van der Waals surface area contributed by atoms with E-state index in [4.69, 9.17) is 21.1 Å². The van der Waals surface area contributed by atoms with Crippen LogP contribution in [0.5, 0.6) is 5.75 Å². The van der Waals surface area contributed by atoms with E-state index in [2.05, 4.69) is 30.0 Å². The molecule has 3 rings (SSSR count). The van der Waals surface area contributed by atoms with Crippen LogP contribution >= 0.6 is 11.6 Å². The molecule has 2 heterocycles. The molecule has 1 fully saturated rings. The summed E-state index contributed by atoms with van der Waals surface area (Å²) in [6, 6.07) is 6.60. The van der Waals surface area contributed by atoms with Gasteiger partial charge in [-0.05, 0) is 30.5 Å². The molecule has 3 nitrogen and oxygen atoms in total. The number of nitrogens with zero attached hydrogens (tertiary/aromatic N) is 1. The van der Waals surface area contributed by atoms with Crippen LogP contribution in [0.3, 0.4) is 0 Å². The summed E-state index contributed by atoms with van der Waals surface area (Å²) >= 11 is 5.93. The van der Waals surface area contributed by atoms with Crippen molar-refractivity contribution in [3.8, 4) is 5.75 Å². The summed E-state index contributed by atoms with van der Waals surface area (Å²) in [5.41, 5.74) is 2.76. The lowest BCUT2D eigenvalue weighted by Gasteiger charge is -2.36. The van der Waals surface area contributed by atoms with E-state index in [1.807, 2.05) is 0 Å². The Labute approximate surface area is 125 Å². The molecule has 4 heteroatoms. The number of fused-ring (bicyclic) bond motifs is 1. The highest BCUT2D eigenvalue weighted by Gasteiger charge is 2.24. The molecule has 0 amide bonds. The van der Waals surface area contributed by atoms with Gasteiger partial charge in [0.25, 0.3) is 0 Å². The van der Waals surface area contributed by atoms with Crippen molar-refractivity contribution in [1.29, 1.82) is 0 Å². The summed E-state index contributed by atoms with van der Waals surface area (Å²) in [4.78, 5) is 2.46. The summed E-state index contributed by atoms with van der Waals surface area (Å²) in [5.74, 6) is 1.65. The van der Waals surface area contributed by atoms with Gasteiger partial charge in [0, 0.05) is 31.9 Å². The van der Waals surface area contributed by atoms with Crippen molar-refractivity contribution in [2.75, 3.05) is 32.1 Å². The van der Waals surface area contributed by atoms with Crippen molar-refractivity contribution in [3.05, 3.63) is 29.3 Å². The zero-order chi connectivity index (χ0) is 13.9. The van der Waals surface area contributed by atoms with Crippen LogP contribution in [0, 0.1) is 0 Å². The highest BCUT2D eigenvalue weighted by Crippen LogP contribution is 2.26. The normalized spacial score (nSPS) is 26.3. The Balaban J connectivity index is 1.56. The molecule has 0 N–H and O–H groups in total. The van der Waals surface area contributed by atoms with Gasteiger partial charge < -0.3 is 9.47 Å². The Morgan fingerprint density at radius 3 is 3.10 bits per heavy atom. The van der Waals surface area contributed by atoms with E-state index in [1.54, 1.807) is 0 Å². The molecular formula is C16H22ClNO2. The molecule has 2 aliphatic heterocycles. The SMILES string of the molecule is CC1CN(CCc2ccc3c(c2)CCO3)CC(CCl)O1. The Morgan fingerprint density at radius 2 is 2.25 bits per heavy atom. The first-order valence-electron chi connectivity index (χ1n) is 7.43. The van der Waals surface area contributed by atoms with Gasteiger partial charge in [-0.3, -0.25) is 4.90 Å². The first-order chi connectivity index (χ1) is 9.74. The van der Waals surface area contributed by atoms with E-state index in [0.29, 0.717) is 5.88 Å². The standard InChI is InChI=1S/C16H22ClNO2/c1-12-10-18(11-15(9-17)20-12)6-4-13-2-3-16-14(8-13)5-7-19-16/h2-3,8,12,15H,4-7,9-11H2,1H3. The van der Waals surface area contributed by atoms with Crippen LogP contribution in [-0.2, 0) is 17.6 Å². The van der Waals surface area contributed by atoms with E-state index in [9.17, 15) is 0 Å². The number of hydrogen-bond acceptors (Lipinski definition) is 3. The summed E-state index contributed by atoms with van der Waals surface area (Å²) in [6.45, 7) is 5.97. The summed E-state index contributed by atoms with van der Waals surface area (Å²) < 4.78 is 11.3. The van der Waals surface area contributed by atoms with Crippen LogP contribution < -0.4 is 4.74 Å². The number of halogens is 1. The van der Waals surface area contributed by atoms with E-state index >= 15 is 0 Å². The molecular weight excluding hydrogens is 274 g/mol. The first-order valence-corrected chi connectivity index (χ1v) is 7.96. The van der Waals surface area contributed by atoms with Crippen LogP contribution in [0.15, 0.2) is 18.2 Å². The minimum atomic E-state index is 0.175. The molecule has 0 radical (unpaired) electrons. The monoisotopic (exact) mass is 295 g/mol. The van der Waals surface area contributed by atoms with Crippen LogP contribution in [0.1, 0.15) is 18.1 Å². The van der Waals surface area contributed by atoms with E-state index in [1.165, 1.54) is 11.1 Å². The average Bonchev–Trinajstić information content (AvgIpc) is 2.92. The smallest absolute Gasteiger partial charge is 0.122 e. The van der Waals surface area contributed by atoms with Gasteiger partial charge in [-0.1, -0.05) is 12.1 Å². The van der Waals surface area contributed by atoms with Crippen molar-refractivity contribution in [2.45, 2.75) is 32.0 Å². The molecule has 0 aromatic heterocycles. The highest BCUT2D eigenvalue weighted by molar-refractivity contribution is 6.18. The lowest BCUT2D eigenvalue weighted by atomic mass is 10.1. The van der Waals surface area contributed by atoms with Gasteiger partial charge in [0.15, 0.2) is 0 Å².